The molecule has 1 heterocycles. The van der Waals surface area contributed by atoms with Crippen LogP contribution in [0.3, 0.4) is 0 Å². The van der Waals surface area contributed by atoms with Crippen molar-refractivity contribution < 1.29 is 19.4 Å². The number of allylic oxidation sites excluding steroid dienone is 1. The molecule has 1 aliphatic rings. The van der Waals surface area contributed by atoms with Crippen molar-refractivity contribution in [2.75, 3.05) is 18.5 Å². The zero-order valence-electron chi connectivity index (χ0n) is 16.4. The summed E-state index contributed by atoms with van der Waals surface area (Å²) in [5.41, 5.74) is 1.78. The number of amides is 1. The second-order valence-electron chi connectivity index (χ2n) is 6.90. The van der Waals surface area contributed by atoms with E-state index < -0.39 is 6.29 Å². The number of nitrogens with one attached hydrogen (secondary N) is 1. The number of hydrogen-bond donors (Lipinski definition) is 2. The first-order chi connectivity index (χ1) is 14.1. The highest BCUT2D eigenvalue weighted by molar-refractivity contribution is 9.10. The van der Waals surface area contributed by atoms with E-state index in [9.17, 15) is 9.90 Å². The van der Waals surface area contributed by atoms with E-state index in [0.29, 0.717) is 18.7 Å². The number of carbonyl (C=O) groups excluding carboxylic acids is 1. The third-order valence-corrected chi connectivity index (χ3v) is 5.45. The summed E-state index contributed by atoms with van der Waals surface area (Å²) in [6, 6.07) is 17.3. The van der Waals surface area contributed by atoms with Crippen molar-refractivity contribution in [2.45, 2.75) is 32.0 Å². The van der Waals surface area contributed by atoms with Gasteiger partial charge in [-0.25, -0.2) is 0 Å². The van der Waals surface area contributed by atoms with Crippen molar-refractivity contribution in [3.63, 3.8) is 0 Å². The van der Waals surface area contributed by atoms with Gasteiger partial charge in [-0.2, -0.15) is 0 Å². The van der Waals surface area contributed by atoms with Crippen molar-refractivity contribution in [1.29, 1.82) is 0 Å². The van der Waals surface area contributed by atoms with Crippen LogP contribution in [0.4, 0.5) is 5.69 Å². The van der Waals surface area contributed by atoms with E-state index >= 15 is 0 Å². The molecule has 0 fully saturated rings. The summed E-state index contributed by atoms with van der Waals surface area (Å²) in [4.78, 5) is 12.9. The van der Waals surface area contributed by atoms with Gasteiger partial charge in [0.15, 0.2) is 5.76 Å². The fourth-order valence-electron chi connectivity index (χ4n) is 3.54. The first-order valence-electron chi connectivity index (χ1n) is 9.85. The highest BCUT2D eigenvalue weighted by Crippen LogP contribution is 2.39. The molecule has 5 nitrogen and oxygen atoms in total. The molecule has 3 rings (SSSR count). The topological polar surface area (TPSA) is 67.8 Å². The predicted octanol–water partition coefficient (Wildman–Crippen LogP) is 4.84. The molecule has 0 spiro atoms. The number of aliphatic hydroxyl groups excluding tert-OH is 1. The van der Waals surface area contributed by atoms with Crippen LogP contribution in [0, 0.1) is 5.92 Å². The van der Waals surface area contributed by atoms with Crippen LogP contribution in [0.2, 0.25) is 0 Å². The first-order valence-corrected chi connectivity index (χ1v) is 10.6. The molecule has 0 aliphatic carbocycles. The third-order valence-electron chi connectivity index (χ3n) is 4.92. The van der Waals surface area contributed by atoms with E-state index in [1.807, 2.05) is 67.6 Å². The Balaban J connectivity index is 1.92. The van der Waals surface area contributed by atoms with Crippen molar-refractivity contribution in [1.82, 2.24) is 0 Å². The third kappa shape index (κ3) is 5.69. The van der Waals surface area contributed by atoms with Gasteiger partial charge in [0.05, 0.1) is 0 Å². The molecule has 0 aromatic heterocycles. The van der Waals surface area contributed by atoms with Gasteiger partial charge in [0.1, 0.15) is 0 Å². The minimum absolute atomic E-state index is 0.00319. The molecule has 154 valence electrons. The molecule has 1 aliphatic heterocycles. The van der Waals surface area contributed by atoms with E-state index in [2.05, 4.69) is 21.2 Å². The number of anilines is 1. The molecule has 6 heteroatoms. The SMILES string of the molecule is CCO[C@@H]1OC(C(=O)Nc2ccccc2)=C[C@H](c2ccc(Br)cc2)[C@H]1CCCO. The smallest absolute Gasteiger partial charge is 0.290 e. The number of rotatable bonds is 8. The molecule has 1 amide bonds. The van der Waals surface area contributed by atoms with Crippen LogP contribution in [-0.4, -0.2) is 30.5 Å². The van der Waals surface area contributed by atoms with Crippen molar-refractivity contribution in [2.24, 2.45) is 5.92 Å². The highest BCUT2D eigenvalue weighted by atomic mass is 79.9. The summed E-state index contributed by atoms with van der Waals surface area (Å²) >= 11 is 3.47. The lowest BCUT2D eigenvalue weighted by Crippen LogP contribution is -2.37. The Morgan fingerprint density at radius 1 is 1.17 bits per heavy atom. The quantitative estimate of drug-likeness (QED) is 0.592. The summed E-state index contributed by atoms with van der Waals surface area (Å²) in [7, 11) is 0. The van der Waals surface area contributed by atoms with Crippen LogP contribution in [0.15, 0.2) is 70.9 Å². The molecule has 0 bridgehead atoms. The van der Waals surface area contributed by atoms with Gasteiger partial charge in [-0.1, -0.05) is 46.3 Å². The number of ether oxygens (including phenoxy) is 2. The predicted molar refractivity (Wildman–Crippen MR) is 116 cm³/mol. The van der Waals surface area contributed by atoms with Crippen molar-refractivity contribution in [3.05, 3.63) is 76.5 Å². The van der Waals surface area contributed by atoms with Gasteiger partial charge < -0.3 is 19.9 Å². The molecule has 3 atom stereocenters. The van der Waals surface area contributed by atoms with Crippen LogP contribution < -0.4 is 5.32 Å². The lowest BCUT2D eigenvalue weighted by Gasteiger charge is -2.37. The van der Waals surface area contributed by atoms with E-state index in [0.717, 1.165) is 16.5 Å². The van der Waals surface area contributed by atoms with Crippen LogP contribution in [-0.2, 0) is 14.3 Å². The van der Waals surface area contributed by atoms with Gasteiger partial charge in [0.2, 0.25) is 6.29 Å². The Kier molecular flexibility index (Phi) is 7.86. The Labute approximate surface area is 179 Å². The Hall–Kier alpha value is -2.15. The zero-order valence-corrected chi connectivity index (χ0v) is 18.0. The number of halogens is 1. The molecule has 0 saturated heterocycles. The molecule has 0 saturated carbocycles. The van der Waals surface area contributed by atoms with Crippen molar-refractivity contribution >= 4 is 27.5 Å². The monoisotopic (exact) mass is 459 g/mol. The second-order valence-corrected chi connectivity index (χ2v) is 7.82. The molecule has 0 radical (unpaired) electrons. The van der Waals surface area contributed by atoms with Gasteiger partial charge in [0.25, 0.3) is 5.91 Å². The van der Waals surface area contributed by atoms with E-state index in [1.54, 1.807) is 0 Å². The van der Waals surface area contributed by atoms with Crippen LogP contribution >= 0.6 is 15.9 Å². The minimum atomic E-state index is -0.554. The number of hydrogen-bond acceptors (Lipinski definition) is 4. The highest BCUT2D eigenvalue weighted by Gasteiger charge is 2.37. The van der Waals surface area contributed by atoms with Gasteiger partial charge in [-0.3, -0.25) is 4.79 Å². The Bertz CT molecular complexity index is 823. The summed E-state index contributed by atoms with van der Waals surface area (Å²) in [5, 5.41) is 12.2. The van der Waals surface area contributed by atoms with Gasteiger partial charge >= 0.3 is 0 Å². The maximum absolute atomic E-state index is 12.9. The van der Waals surface area contributed by atoms with Gasteiger partial charge in [-0.15, -0.1) is 0 Å². The van der Waals surface area contributed by atoms with E-state index in [1.165, 1.54) is 0 Å². The summed E-state index contributed by atoms with van der Waals surface area (Å²) in [6.07, 6.45) is 2.69. The van der Waals surface area contributed by atoms with Crippen molar-refractivity contribution in [3.8, 4) is 0 Å². The number of aliphatic hydroxyl groups is 1. The molecular formula is C23H26BrNO4. The van der Waals surface area contributed by atoms with Crippen LogP contribution in [0.5, 0.6) is 0 Å². The maximum Gasteiger partial charge on any atom is 0.290 e. The molecule has 2 aromatic rings. The standard InChI is InChI=1S/C23H26BrNO4/c1-2-28-23-19(9-6-14-26)20(16-10-12-17(24)13-11-16)15-21(29-23)22(27)25-18-7-4-3-5-8-18/h3-5,7-8,10-13,15,19-20,23,26H,2,6,9,14H2,1H3,(H,25,27)/t19-,20-,23-/m1/s1. The fourth-order valence-corrected chi connectivity index (χ4v) is 3.81. The number of benzene rings is 2. The zero-order chi connectivity index (χ0) is 20.6. The average Bonchev–Trinajstić information content (AvgIpc) is 2.74. The maximum atomic E-state index is 12.9. The average molecular weight is 460 g/mol. The molecule has 2 N–H and O–H groups in total. The Morgan fingerprint density at radius 3 is 2.55 bits per heavy atom. The van der Waals surface area contributed by atoms with Gasteiger partial charge in [-0.05, 0) is 55.7 Å². The normalized spacial score (nSPS) is 21.2. The number of para-hydroxylation sites is 1. The number of carbonyl (C=O) groups is 1. The lowest BCUT2D eigenvalue weighted by atomic mass is 9.80. The summed E-state index contributed by atoms with van der Waals surface area (Å²) in [5.74, 6) is -0.114. The lowest BCUT2D eigenvalue weighted by molar-refractivity contribution is -0.165. The summed E-state index contributed by atoms with van der Waals surface area (Å²) in [6.45, 7) is 2.48. The molecule has 29 heavy (non-hydrogen) atoms. The van der Waals surface area contributed by atoms with Gasteiger partial charge in [0, 0.05) is 35.2 Å². The fraction of sp³-hybridized carbons (Fsp3) is 0.348. The molecule has 0 unspecified atom stereocenters. The largest absolute Gasteiger partial charge is 0.459 e. The molecule has 2 aromatic carbocycles. The van der Waals surface area contributed by atoms with Crippen LogP contribution in [0.25, 0.3) is 0 Å². The minimum Gasteiger partial charge on any atom is -0.459 e. The Morgan fingerprint density at radius 2 is 1.90 bits per heavy atom. The van der Waals surface area contributed by atoms with E-state index in [-0.39, 0.29) is 30.1 Å². The molecular weight excluding hydrogens is 434 g/mol. The van der Waals surface area contributed by atoms with Crippen LogP contribution in [0.1, 0.15) is 31.2 Å². The first kappa shape index (κ1) is 21.6. The summed E-state index contributed by atoms with van der Waals surface area (Å²) < 4.78 is 12.8. The van der Waals surface area contributed by atoms with E-state index in [4.69, 9.17) is 9.47 Å². The second kappa shape index (κ2) is 10.6.